The van der Waals surface area contributed by atoms with Gasteiger partial charge in [-0.05, 0) is 31.9 Å². The van der Waals surface area contributed by atoms with Crippen molar-refractivity contribution in [2.45, 2.75) is 97.4 Å². The second kappa shape index (κ2) is 11.2. The third kappa shape index (κ3) is 6.50. The number of aromatic nitrogens is 1. The monoisotopic (exact) mass is 520 g/mol. The summed E-state index contributed by atoms with van der Waals surface area (Å²) in [5.41, 5.74) is 5.59. The Labute approximate surface area is 217 Å². The maximum Gasteiger partial charge on any atom is 0.309 e. The molecule has 1 fully saturated rings. The number of aliphatic hydroxyl groups excluding tert-OH is 2. The molecule has 3 rings (SSSR count). The highest BCUT2D eigenvalue weighted by Gasteiger charge is 2.52. The van der Waals surface area contributed by atoms with Gasteiger partial charge in [0.05, 0.1) is 41.4 Å². The number of ketones is 1. The van der Waals surface area contributed by atoms with Crippen molar-refractivity contribution in [1.29, 1.82) is 0 Å². The summed E-state index contributed by atoms with van der Waals surface area (Å²) in [7, 11) is 0. The van der Waals surface area contributed by atoms with Gasteiger partial charge in [0.1, 0.15) is 16.9 Å². The number of ether oxygens (including phenoxy) is 2. The lowest BCUT2D eigenvalue weighted by atomic mass is 9.73. The van der Waals surface area contributed by atoms with Crippen LogP contribution in [0, 0.1) is 17.3 Å². The molecule has 1 aromatic heterocycles. The highest BCUT2D eigenvalue weighted by atomic mass is 32.1. The van der Waals surface area contributed by atoms with Crippen LogP contribution < -0.4 is 5.73 Å². The maximum atomic E-state index is 13.2. The van der Waals surface area contributed by atoms with Crippen LogP contribution in [-0.2, 0) is 25.6 Å². The molecule has 0 saturated carbocycles. The number of cyclic esters (lactones) is 1. The van der Waals surface area contributed by atoms with Crippen molar-refractivity contribution in [3.05, 3.63) is 33.8 Å². The molecule has 1 saturated heterocycles. The largest absolute Gasteiger partial charge is 0.458 e. The quantitative estimate of drug-likeness (QED) is 0.313. The smallest absolute Gasteiger partial charge is 0.309 e. The van der Waals surface area contributed by atoms with Crippen LogP contribution >= 0.6 is 11.3 Å². The second-order valence-corrected chi connectivity index (χ2v) is 11.9. The van der Waals surface area contributed by atoms with E-state index in [1.54, 1.807) is 20.8 Å². The summed E-state index contributed by atoms with van der Waals surface area (Å²) in [5.74, 6) is -1.87. The third-order valence-electron chi connectivity index (χ3n) is 7.62. The van der Waals surface area contributed by atoms with Crippen LogP contribution in [0.3, 0.4) is 0 Å². The highest BCUT2D eigenvalue weighted by molar-refractivity contribution is 7.09. The molecule has 0 amide bonds. The number of nitrogens with two attached hydrogens (primary N) is 1. The van der Waals surface area contributed by atoms with E-state index in [0.717, 1.165) is 16.3 Å². The number of thiazole rings is 1. The SMILES string of the molecule is CC(=Cc1csc(CN)n1)[C@@H]1CC2OC2(C)CC=C[C@H](C)[C@H](O)[C@@H](C)C(=O)C(C)(C)[C@@H](O)CC(=O)O1. The summed E-state index contributed by atoms with van der Waals surface area (Å²) in [5, 5.41) is 24.4. The number of esters is 1. The molecular weight excluding hydrogens is 480 g/mol. The third-order valence-corrected chi connectivity index (χ3v) is 8.51. The number of carbonyl (C=O) groups excluding carboxylic acids is 2. The summed E-state index contributed by atoms with van der Waals surface area (Å²) in [6.45, 7) is 11.0. The Morgan fingerprint density at radius 3 is 2.61 bits per heavy atom. The number of fused-ring (bicyclic) bond motifs is 1. The fourth-order valence-electron chi connectivity index (χ4n) is 4.71. The van der Waals surface area contributed by atoms with Gasteiger partial charge in [-0.3, -0.25) is 9.59 Å². The van der Waals surface area contributed by atoms with Crippen molar-refractivity contribution in [3.8, 4) is 0 Å². The Kier molecular flexibility index (Phi) is 8.94. The molecule has 7 atom stereocenters. The number of aliphatic hydroxyl groups is 2. The molecule has 2 aliphatic heterocycles. The van der Waals surface area contributed by atoms with E-state index < -0.39 is 41.2 Å². The molecule has 3 heterocycles. The predicted molar refractivity (Wildman–Crippen MR) is 139 cm³/mol. The van der Waals surface area contributed by atoms with Crippen LogP contribution in [0.4, 0.5) is 0 Å². The zero-order valence-electron chi connectivity index (χ0n) is 22.1. The van der Waals surface area contributed by atoms with Gasteiger partial charge in [-0.15, -0.1) is 11.3 Å². The van der Waals surface area contributed by atoms with E-state index in [4.69, 9.17) is 15.2 Å². The van der Waals surface area contributed by atoms with E-state index in [9.17, 15) is 19.8 Å². The first-order valence-electron chi connectivity index (χ1n) is 12.6. The zero-order chi connectivity index (χ0) is 26.8. The molecule has 4 N–H and O–H groups in total. The van der Waals surface area contributed by atoms with E-state index in [2.05, 4.69) is 4.98 Å². The first kappa shape index (κ1) is 28.7. The number of Topliss-reactive ketones (excluding diaryl/α,β-unsaturated/α-hetero) is 1. The van der Waals surface area contributed by atoms with E-state index in [-0.39, 0.29) is 24.2 Å². The van der Waals surface area contributed by atoms with Gasteiger partial charge in [0, 0.05) is 30.2 Å². The van der Waals surface area contributed by atoms with Crippen molar-refractivity contribution in [1.82, 2.24) is 4.98 Å². The molecule has 36 heavy (non-hydrogen) atoms. The first-order valence-corrected chi connectivity index (χ1v) is 13.4. The van der Waals surface area contributed by atoms with Crippen LogP contribution in [0.2, 0.25) is 0 Å². The molecule has 200 valence electrons. The van der Waals surface area contributed by atoms with Crippen molar-refractivity contribution in [2.75, 3.05) is 0 Å². The zero-order valence-corrected chi connectivity index (χ0v) is 22.9. The molecule has 2 aliphatic rings. The van der Waals surface area contributed by atoms with Crippen LogP contribution in [0.1, 0.15) is 71.5 Å². The molecule has 0 bridgehead atoms. The van der Waals surface area contributed by atoms with E-state index >= 15 is 0 Å². The lowest BCUT2D eigenvalue weighted by molar-refractivity contribution is -0.154. The van der Waals surface area contributed by atoms with Gasteiger partial charge in [-0.25, -0.2) is 4.98 Å². The van der Waals surface area contributed by atoms with Gasteiger partial charge in [-0.1, -0.05) is 39.8 Å². The predicted octanol–water partition coefficient (Wildman–Crippen LogP) is 3.40. The van der Waals surface area contributed by atoms with Gasteiger partial charge in [0.15, 0.2) is 0 Å². The molecule has 9 heteroatoms. The molecular formula is C27H40N2O6S. The van der Waals surface area contributed by atoms with E-state index in [0.29, 0.717) is 19.4 Å². The topological polar surface area (TPSA) is 135 Å². The standard InChI is InChI=1S/C27H40N2O6S/c1-15-8-7-9-27(6)21(35-27)11-19(16(2)10-18-14-36-22(13-28)29-18)34-23(31)12-20(30)26(4,5)25(33)17(3)24(15)32/h7-8,10,14-15,17,19-21,24,30,32H,9,11-13,28H2,1-6H3/t15-,17+,19-,20-,21?,24-,27?/m0/s1. The van der Waals surface area contributed by atoms with Crippen LogP contribution in [0.5, 0.6) is 0 Å². The second-order valence-electron chi connectivity index (χ2n) is 11.0. The number of hydrogen-bond donors (Lipinski definition) is 3. The maximum absolute atomic E-state index is 13.2. The Bertz CT molecular complexity index is 1020. The summed E-state index contributed by atoms with van der Waals surface area (Å²) < 4.78 is 11.9. The van der Waals surface area contributed by atoms with Crippen LogP contribution in [-0.4, -0.2) is 57.0 Å². The lowest BCUT2D eigenvalue weighted by Crippen LogP contribution is -2.45. The number of carbonyl (C=O) groups is 2. The molecule has 2 unspecified atom stereocenters. The first-order chi connectivity index (χ1) is 16.8. The average Bonchev–Trinajstić information content (AvgIpc) is 3.23. The minimum atomic E-state index is -1.26. The Morgan fingerprint density at radius 1 is 1.28 bits per heavy atom. The molecule has 0 spiro atoms. The fraction of sp³-hybridized carbons (Fsp3) is 0.667. The number of rotatable bonds is 3. The Balaban J connectivity index is 1.89. The van der Waals surface area contributed by atoms with Crippen LogP contribution in [0.15, 0.2) is 23.1 Å². The number of nitrogens with zero attached hydrogens (tertiary/aromatic N) is 1. The van der Waals surface area contributed by atoms with E-state index in [1.165, 1.54) is 11.3 Å². The summed E-state index contributed by atoms with van der Waals surface area (Å²) in [6.07, 6.45) is 3.66. The molecule has 0 aromatic carbocycles. The molecule has 0 aliphatic carbocycles. The minimum Gasteiger partial charge on any atom is -0.458 e. The number of hydrogen-bond acceptors (Lipinski definition) is 9. The molecule has 0 radical (unpaired) electrons. The summed E-state index contributed by atoms with van der Waals surface area (Å²) >= 11 is 1.47. The summed E-state index contributed by atoms with van der Waals surface area (Å²) in [4.78, 5) is 30.6. The van der Waals surface area contributed by atoms with Crippen molar-refractivity contribution >= 4 is 29.2 Å². The minimum absolute atomic E-state index is 0.117. The van der Waals surface area contributed by atoms with Gasteiger partial charge in [0.2, 0.25) is 0 Å². The van der Waals surface area contributed by atoms with Gasteiger partial charge < -0.3 is 25.4 Å². The van der Waals surface area contributed by atoms with Crippen molar-refractivity contribution in [3.63, 3.8) is 0 Å². The highest BCUT2D eigenvalue weighted by Crippen LogP contribution is 2.44. The Hall–Kier alpha value is -1.91. The normalized spacial score (nSPS) is 36.3. The van der Waals surface area contributed by atoms with Crippen molar-refractivity contribution < 1.29 is 29.3 Å². The van der Waals surface area contributed by atoms with Gasteiger partial charge >= 0.3 is 5.97 Å². The molecule has 1 aromatic rings. The van der Waals surface area contributed by atoms with Gasteiger partial charge in [-0.2, -0.15) is 0 Å². The van der Waals surface area contributed by atoms with Crippen LogP contribution in [0.25, 0.3) is 6.08 Å². The van der Waals surface area contributed by atoms with E-state index in [1.807, 2.05) is 44.4 Å². The number of epoxide rings is 1. The Morgan fingerprint density at radius 2 is 1.97 bits per heavy atom. The lowest BCUT2D eigenvalue weighted by Gasteiger charge is -2.34. The fourth-order valence-corrected chi connectivity index (χ4v) is 5.34. The average molecular weight is 521 g/mol. The van der Waals surface area contributed by atoms with Crippen molar-refractivity contribution in [2.24, 2.45) is 23.0 Å². The summed E-state index contributed by atoms with van der Waals surface area (Å²) in [6, 6.07) is 0. The molecule has 8 nitrogen and oxygen atoms in total. The van der Waals surface area contributed by atoms with Gasteiger partial charge in [0.25, 0.3) is 0 Å².